The Morgan fingerprint density at radius 1 is 1.36 bits per heavy atom. The molecular formula is C15H19N3O4. The third kappa shape index (κ3) is 2.64. The van der Waals surface area contributed by atoms with Gasteiger partial charge in [-0.25, -0.2) is 0 Å². The van der Waals surface area contributed by atoms with Crippen LogP contribution in [0.4, 0.5) is 0 Å². The Labute approximate surface area is 128 Å². The van der Waals surface area contributed by atoms with Crippen LogP contribution in [0.15, 0.2) is 14.9 Å². The normalized spacial score (nSPS) is 18.7. The minimum atomic E-state index is -0.377. The van der Waals surface area contributed by atoms with Gasteiger partial charge < -0.3 is 18.5 Å². The number of nitrogens with zero attached hydrogens (tertiary/aromatic N) is 3. The Morgan fingerprint density at radius 2 is 2.18 bits per heavy atom. The topological polar surface area (TPSA) is 81.6 Å². The molecule has 0 saturated carbocycles. The second kappa shape index (κ2) is 5.92. The van der Waals surface area contributed by atoms with Crippen molar-refractivity contribution in [1.29, 1.82) is 0 Å². The Balaban J connectivity index is 1.87. The lowest BCUT2D eigenvalue weighted by Crippen LogP contribution is -2.43. The van der Waals surface area contributed by atoms with E-state index in [0.29, 0.717) is 37.3 Å². The zero-order valence-corrected chi connectivity index (χ0v) is 13.0. The van der Waals surface area contributed by atoms with Gasteiger partial charge in [0.25, 0.3) is 5.91 Å². The molecule has 1 unspecified atom stereocenters. The molecule has 0 N–H and O–H groups in total. The number of furan rings is 1. The fourth-order valence-corrected chi connectivity index (χ4v) is 2.62. The molecule has 1 atom stereocenters. The average molecular weight is 305 g/mol. The van der Waals surface area contributed by atoms with Crippen molar-refractivity contribution >= 4 is 5.91 Å². The molecule has 1 amide bonds. The highest BCUT2D eigenvalue weighted by molar-refractivity contribution is 5.92. The van der Waals surface area contributed by atoms with Gasteiger partial charge >= 0.3 is 0 Å². The maximum Gasteiger partial charge on any atom is 0.290 e. The summed E-state index contributed by atoms with van der Waals surface area (Å²) in [4.78, 5) is 14.4. The van der Waals surface area contributed by atoms with Crippen LogP contribution in [0, 0.1) is 13.8 Å². The number of carbonyl (C=O) groups excluding carboxylic acids is 1. The van der Waals surface area contributed by atoms with Crippen LogP contribution in [0.5, 0.6) is 0 Å². The van der Waals surface area contributed by atoms with Gasteiger partial charge in [-0.3, -0.25) is 4.79 Å². The van der Waals surface area contributed by atoms with Crippen molar-refractivity contribution in [3.8, 4) is 0 Å². The lowest BCUT2D eigenvalue weighted by atomic mass is 10.2. The third-order valence-electron chi connectivity index (χ3n) is 3.77. The summed E-state index contributed by atoms with van der Waals surface area (Å²) >= 11 is 0. The summed E-state index contributed by atoms with van der Waals surface area (Å²) in [5.41, 5.74) is 0.990. The second-order valence-electron chi connectivity index (χ2n) is 5.32. The Morgan fingerprint density at radius 3 is 2.82 bits per heavy atom. The van der Waals surface area contributed by atoms with Gasteiger partial charge in [0.05, 0.1) is 13.2 Å². The zero-order chi connectivity index (χ0) is 15.7. The molecule has 3 heterocycles. The first-order chi connectivity index (χ1) is 10.6. The molecule has 2 aromatic rings. The summed E-state index contributed by atoms with van der Waals surface area (Å²) in [5.74, 6) is 1.87. The molecule has 0 bridgehead atoms. The lowest BCUT2D eigenvalue weighted by Gasteiger charge is -2.32. The van der Waals surface area contributed by atoms with Crippen LogP contribution >= 0.6 is 0 Å². The minimum Gasteiger partial charge on any atom is -0.456 e. The van der Waals surface area contributed by atoms with Gasteiger partial charge in [-0.1, -0.05) is 6.92 Å². The summed E-state index contributed by atoms with van der Waals surface area (Å²) in [5, 5.41) is 7.84. The lowest BCUT2D eigenvalue weighted by molar-refractivity contribution is -0.0121. The van der Waals surface area contributed by atoms with Gasteiger partial charge in [-0.05, 0) is 18.6 Å². The van der Waals surface area contributed by atoms with E-state index in [4.69, 9.17) is 13.6 Å². The SMILES string of the molecule is CCc1oc(C(=O)N2CCOCC2c2nnc(C)o2)cc1C. The standard InChI is InChI=1S/C15H19N3O4/c1-4-12-9(2)7-13(22-12)15(19)18-5-6-20-8-11(18)14-17-16-10(3)21-14/h7,11H,4-6,8H2,1-3H3. The van der Waals surface area contributed by atoms with E-state index in [1.54, 1.807) is 17.9 Å². The van der Waals surface area contributed by atoms with Crippen LogP contribution in [-0.4, -0.2) is 40.8 Å². The van der Waals surface area contributed by atoms with Crippen LogP contribution < -0.4 is 0 Å². The minimum absolute atomic E-state index is 0.174. The predicted octanol–water partition coefficient (Wildman–Crippen LogP) is 2.06. The monoisotopic (exact) mass is 305 g/mol. The van der Waals surface area contributed by atoms with Crippen LogP contribution in [0.25, 0.3) is 0 Å². The number of rotatable bonds is 3. The molecule has 118 valence electrons. The Hall–Kier alpha value is -2.15. The summed E-state index contributed by atoms with van der Waals surface area (Å²) < 4.78 is 16.6. The van der Waals surface area contributed by atoms with E-state index in [2.05, 4.69) is 10.2 Å². The van der Waals surface area contributed by atoms with Crippen molar-refractivity contribution < 1.29 is 18.4 Å². The number of carbonyl (C=O) groups is 1. The highest BCUT2D eigenvalue weighted by Crippen LogP contribution is 2.26. The molecule has 0 spiro atoms. The van der Waals surface area contributed by atoms with Gasteiger partial charge in [-0.15, -0.1) is 10.2 Å². The molecule has 1 saturated heterocycles. The molecule has 0 radical (unpaired) electrons. The largest absolute Gasteiger partial charge is 0.456 e. The van der Waals surface area contributed by atoms with Crippen LogP contribution in [0.2, 0.25) is 0 Å². The summed E-state index contributed by atoms with van der Waals surface area (Å²) in [7, 11) is 0. The smallest absolute Gasteiger partial charge is 0.290 e. The number of hydrogen-bond donors (Lipinski definition) is 0. The Kier molecular flexibility index (Phi) is 3.98. The maximum atomic E-state index is 12.8. The van der Waals surface area contributed by atoms with Gasteiger partial charge in [0, 0.05) is 19.9 Å². The quantitative estimate of drug-likeness (QED) is 0.863. The molecule has 0 aliphatic carbocycles. The van der Waals surface area contributed by atoms with Crippen molar-refractivity contribution in [2.45, 2.75) is 33.2 Å². The Bertz CT molecular complexity index is 676. The second-order valence-corrected chi connectivity index (χ2v) is 5.32. The predicted molar refractivity (Wildman–Crippen MR) is 76.5 cm³/mol. The van der Waals surface area contributed by atoms with Gasteiger partial charge in [0.15, 0.2) is 5.76 Å². The van der Waals surface area contributed by atoms with Crippen molar-refractivity contribution in [2.24, 2.45) is 0 Å². The first kappa shape index (κ1) is 14.8. The molecule has 1 aliphatic rings. The van der Waals surface area contributed by atoms with Crippen molar-refractivity contribution in [1.82, 2.24) is 15.1 Å². The molecule has 0 aromatic carbocycles. The fourth-order valence-electron chi connectivity index (χ4n) is 2.62. The molecule has 2 aromatic heterocycles. The summed E-state index contributed by atoms with van der Waals surface area (Å²) in [6.07, 6.45) is 0.758. The van der Waals surface area contributed by atoms with E-state index in [9.17, 15) is 4.79 Å². The first-order valence-corrected chi connectivity index (χ1v) is 7.38. The first-order valence-electron chi connectivity index (χ1n) is 7.38. The van der Waals surface area contributed by atoms with Crippen molar-refractivity contribution in [3.63, 3.8) is 0 Å². The maximum absolute atomic E-state index is 12.8. The van der Waals surface area contributed by atoms with E-state index in [1.807, 2.05) is 13.8 Å². The van der Waals surface area contributed by atoms with Gasteiger partial charge in [-0.2, -0.15) is 0 Å². The molecule has 7 heteroatoms. The highest BCUT2D eigenvalue weighted by atomic mass is 16.5. The molecular weight excluding hydrogens is 286 g/mol. The number of morpholine rings is 1. The molecule has 22 heavy (non-hydrogen) atoms. The number of hydrogen-bond acceptors (Lipinski definition) is 6. The van der Waals surface area contributed by atoms with E-state index in [-0.39, 0.29) is 11.9 Å². The van der Waals surface area contributed by atoms with Gasteiger partial charge in [0.1, 0.15) is 11.8 Å². The molecule has 1 aliphatic heterocycles. The number of aromatic nitrogens is 2. The number of ether oxygens (including phenoxy) is 1. The van der Waals surface area contributed by atoms with Crippen LogP contribution in [0.3, 0.4) is 0 Å². The number of amides is 1. The van der Waals surface area contributed by atoms with E-state index < -0.39 is 0 Å². The summed E-state index contributed by atoms with van der Waals surface area (Å²) in [6, 6.07) is 1.41. The van der Waals surface area contributed by atoms with Crippen LogP contribution in [0.1, 0.15) is 46.6 Å². The van der Waals surface area contributed by atoms with Crippen molar-refractivity contribution in [2.75, 3.05) is 19.8 Å². The average Bonchev–Trinajstić information content (AvgIpc) is 3.12. The van der Waals surface area contributed by atoms with E-state index in [1.165, 1.54) is 0 Å². The number of aryl methyl sites for hydroxylation is 3. The fraction of sp³-hybridized carbons (Fsp3) is 0.533. The summed E-state index contributed by atoms with van der Waals surface area (Å²) in [6.45, 7) is 6.95. The third-order valence-corrected chi connectivity index (χ3v) is 3.77. The van der Waals surface area contributed by atoms with Crippen LogP contribution in [-0.2, 0) is 11.2 Å². The van der Waals surface area contributed by atoms with Gasteiger partial charge in [0.2, 0.25) is 11.8 Å². The highest BCUT2D eigenvalue weighted by Gasteiger charge is 2.34. The zero-order valence-electron chi connectivity index (χ0n) is 13.0. The van der Waals surface area contributed by atoms with E-state index in [0.717, 1.165) is 17.7 Å². The molecule has 7 nitrogen and oxygen atoms in total. The molecule has 3 rings (SSSR count). The van der Waals surface area contributed by atoms with Crippen molar-refractivity contribution in [3.05, 3.63) is 34.9 Å². The molecule has 1 fully saturated rings. The van der Waals surface area contributed by atoms with E-state index >= 15 is 0 Å².